The van der Waals surface area contributed by atoms with E-state index in [1.165, 1.54) is 4.88 Å². The number of benzene rings is 2. The van der Waals surface area contributed by atoms with Crippen molar-refractivity contribution in [1.82, 2.24) is 20.2 Å². The van der Waals surface area contributed by atoms with Crippen molar-refractivity contribution in [2.24, 2.45) is 0 Å². The highest BCUT2D eigenvalue weighted by molar-refractivity contribution is 7.09. The van der Waals surface area contributed by atoms with Crippen LogP contribution in [-0.2, 0) is 17.8 Å². The Balaban J connectivity index is 1.54. The van der Waals surface area contributed by atoms with Gasteiger partial charge in [-0.3, -0.25) is 9.59 Å². The number of aromatic nitrogens is 2. The largest absolute Gasteiger partial charge is 0.350 e. The zero-order valence-corrected chi connectivity index (χ0v) is 22.7. The van der Waals surface area contributed by atoms with E-state index < -0.39 is 6.04 Å². The molecule has 0 bridgehead atoms. The molecule has 2 heterocycles. The van der Waals surface area contributed by atoms with Gasteiger partial charge >= 0.3 is 0 Å². The first kappa shape index (κ1) is 26.6. The van der Waals surface area contributed by atoms with Crippen LogP contribution in [0.2, 0.25) is 0 Å². The summed E-state index contributed by atoms with van der Waals surface area (Å²) in [6, 6.07) is 19.4. The number of hydrogen-bond acceptors (Lipinski definition) is 4. The molecule has 2 aromatic carbocycles. The second kappa shape index (κ2) is 12.7. The number of hydrogen-bond donors (Lipinski definition) is 2. The molecule has 0 aliphatic heterocycles. The summed E-state index contributed by atoms with van der Waals surface area (Å²) in [6.45, 7) is 6.85. The third-order valence-corrected chi connectivity index (χ3v) is 7.63. The van der Waals surface area contributed by atoms with Crippen molar-refractivity contribution in [3.05, 3.63) is 87.9 Å². The minimum absolute atomic E-state index is 0.170. The van der Waals surface area contributed by atoms with Crippen molar-refractivity contribution < 1.29 is 9.59 Å². The standard InChI is InChI=1S/C30H36N4O2S/c1-4-11-25(30(36)31-20-21-12-8-7-9-13-21)33-29(35)22-15-16-27-26(18-22)32-28(19-24-14-10-17-37-24)34(27)23(5-2)6-3/h7-10,12-18,23,25H,4-6,11,19-20H2,1-3H3,(H,31,36)(H,33,35). The molecule has 0 aliphatic rings. The van der Waals surface area contributed by atoms with Crippen LogP contribution in [0.4, 0.5) is 0 Å². The van der Waals surface area contributed by atoms with Gasteiger partial charge in [-0.05, 0) is 54.5 Å². The van der Waals surface area contributed by atoms with Crippen LogP contribution < -0.4 is 10.6 Å². The molecule has 4 aromatic rings. The van der Waals surface area contributed by atoms with Gasteiger partial charge in [0.15, 0.2) is 0 Å². The average molecular weight is 517 g/mol. The Kier molecular flexibility index (Phi) is 9.12. The van der Waals surface area contributed by atoms with E-state index in [4.69, 9.17) is 4.98 Å². The van der Waals surface area contributed by atoms with Gasteiger partial charge in [-0.1, -0.05) is 63.6 Å². The van der Waals surface area contributed by atoms with E-state index in [0.29, 0.717) is 24.6 Å². The maximum Gasteiger partial charge on any atom is 0.252 e. The molecule has 2 aromatic heterocycles. The Labute approximate surface area is 223 Å². The molecule has 0 saturated carbocycles. The van der Waals surface area contributed by atoms with Crippen molar-refractivity contribution in [3.63, 3.8) is 0 Å². The molecule has 7 heteroatoms. The molecule has 0 spiro atoms. The molecule has 1 atom stereocenters. The Morgan fingerprint density at radius 2 is 1.78 bits per heavy atom. The van der Waals surface area contributed by atoms with E-state index in [0.717, 1.165) is 48.1 Å². The second-order valence-electron chi connectivity index (χ2n) is 9.35. The van der Waals surface area contributed by atoms with Crippen LogP contribution in [0.15, 0.2) is 66.0 Å². The van der Waals surface area contributed by atoms with E-state index >= 15 is 0 Å². The lowest BCUT2D eigenvalue weighted by Gasteiger charge is -2.19. The van der Waals surface area contributed by atoms with Gasteiger partial charge in [-0.15, -0.1) is 11.3 Å². The topological polar surface area (TPSA) is 76.0 Å². The van der Waals surface area contributed by atoms with Gasteiger partial charge in [0.1, 0.15) is 11.9 Å². The zero-order valence-electron chi connectivity index (χ0n) is 21.9. The van der Waals surface area contributed by atoms with Crippen LogP contribution in [0.3, 0.4) is 0 Å². The summed E-state index contributed by atoms with van der Waals surface area (Å²) in [5.41, 5.74) is 3.39. The summed E-state index contributed by atoms with van der Waals surface area (Å²) in [7, 11) is 0. The molecular weight excluding hydrogens is 480 g/mol. The second-order valence-corrected chi connectivity index (χ2v) is 10.4. The van der Waals surface area contributed by atoms with Crippen LogP contribution in [0.25, 0.3) is 11.0 Å². The number of nitrogens with one attached hydrogen (secondary N) is 2. The van der Waals surface area contributed by atoms with E-state index in [-0.39, 0.29) is 11.8 Å². The molecule has 2 N–H and O–H groups in total. The van der Waals surface area contributed by atoms with Crippen molar-refractivity contribution >= 4 is 34.2 Å². The normalized spacial score (nSPS) is 12.1. The third-order valence-electron chi connectivity index (χ3n) is 6.75. The molecule has 194 valence electrons. The minimum Gasteiger partial charge on any atom is -0.350 e. The van der Waals surface area contributed by atoms with Crippen LogP contribution in [0.1, 0.15) is 79.1 Å². The molecule has 6 nitrogen and oxygen atoms in total. The monoisotopic (exact) mass is 516 g/mol. The molecule has 37 heavy (non-hydrogen) atoms. The number of thiophene rings is 1. The molecule has 2 amide bonds. The summed E-state index contributed by atoms with van der Waals surface area (Å²) < 4.78 is 2.34. The van der Waals surface area contributed by atoms with Crippen LogP contribution in [-0.4, -0.2) is 27.4 Å². The smallest absolute Gasteiger partial charge is 0.252 e. The van der Waals surface area contributed by atoms with Gasteiger partial charge in [-0.25, -0.2) is 4.98 Å². The van der Waals surface area contributed by atoms with Crippen molar-refractivity contribution in [2.75, 3.05) is 0 Å². The Morgan fingerprint density at radius 1 is 1.00 bits per heavy atom. The van der Waals surface area contributed by atoms with Gasteiger partial charge in [0.25, 0.3) is 5.91 Å². The highest BCUT2D eigenvalue weighted by Crippen LogP contribution is 2.28. The number of fused-ring (bicyclic) bond motifs is 1. The fourth-order valence-corrected chi connectivity index (χ4v) is 5.45. The fraction of sp³-hybridized carbons (Fsp3) is 0.367. The number of amides is 2. The number of nitrogens with zero attached hydrogens (tertiary/aromatic N) is 2. The van der Waals surface area contributed by atoms with Gasteiger partial charge in [0.2, 0.25) is 5.91 Å². The average Bonchev–Trinajstić information content (AvgIpc) is 3.56. The lowest BCUT2D eigenvalue weighted by molar-refractivity contribution is -0.123. The number of imidazole rings is 1. The summed E-state index contributed by atoms with van der Waals surface area (Å²) in [6.07, 6.45) is 4.15. The van der Waals surface area contributed by atoms with E-state index in [1.54, 1.807) is 11.3 Å². The van der Waals surface area contributed by atoms with Gasteiger partial charge in [0.05, 0.1) is 11.0 Å². The molecule has 0 aliphatic carbocycles. The highest BCUT2D eigenvalue weighted by atomic mass is 32.1. The summed E-state index contributed by atoms with van der Waals surface area (Å²) >= 11 is 1.73. The maximum atomic E-state index is 13.2. The van der Waals surface area contributed by atoms with E-state index in [1.807, 2.05) is 55.5 Å². The predicted octanol–water partition coefficient (Wildman–Crippen LogP) is 6.26. The first-order valence-electron chi connectivity index (χ1n) is 13.2. The molecule has 0 radical (unpaired) electrons. The highest BCUT2D eigenvalue weighted by Gasteiger charge is 2.22. The fourth-order valence-electron chi connectivity index (χ4n) is 4.75. The maximum absolute atomic E-state index is 13.2. The lowest BCUT2D eigenvalue weighted by Crippen LogP contribution is -2.46. The minimum atomic E-state index is -0.589. The van der Waals surface area contributed by atoms with Crippen molar-refractivity contribution in [2.45, 2.75) is 71.5 Å². The first-order chi connectivity index (χ1) is 18.0. The summed E-state index contributed by atoms with van der Waals surface area (Å²) in [4.78, 5) is 32.3. The van der Waals surface area contributed by atoms with Gasteiger partial charge < -0.3 is 15.2 Å². The molecule has 0 fully saturated rings. The number of carbonyl (C=O) groups is 2. The predicted molar refractivity (Wildman–Crippen MR) is 151 cm³/mol. The Bertz CT molecular complexity index is 1310. The van der Waals surface area contributed by atoms with Crippen molar-refractivity contribution in [3.8, 4) is 0 Å². The number of carbonyl (C=O) groups excluding carboxylic acids is 2. The SMILES string of the molecule is CCCC(NC(=O)c1ccc2c(c1)nc(Cc1cccs1)n2C(CC)CC)C(=O)NCc1ccccc1. The Morgan fingerprint density at radius 3 is 2.46 bits per heavy atom. The summed E-state index contributed by atoms with van der Waals surface area (Å²) in [5, 5.41) is 8.00. The summed E-state index contributed by atoms with van der Waals surface area (Å²) in [5.74, 6) is 0.594. The number of rotatable bonds is 12. The van der Waals surface area contributed by atoms with Crippen LogP contribution in [0, 0.1) is 0 Å². The lowest BCUT2D eigenvalue weighted by atomic mass is 10.1. The van der Waals surface area contributed by atoms with Crippen LogP contribution >= 0.6 is 11.3 Å². The van der Waals surface area contributed by atoms with E-state index in [2.05, 4.69) is 46.6 Å². The molecule has 0 saturated heterocycles. The third kappa shape index (κ3) is 6.46. The van der Waals surface area contributed by atoms with Crippen LogP contribution in [0.5, 0.6) is 0 Å². The first-order valence-corrected chi connectivity index (χ1v) is 14.1. The van der Waals surface area contributed by atoms with Crippen molar-refractivity contribution in [1.29, 1.82) is 0 Å². The Hall–Kier alpha value is -3.45. The molecule has 4 rings (SSSR count). The molecular formula is C30H36N4O2S. The van der Waals surface area contributed by atoms with E-state index in [9.17, 15) is 9.59 Å². The van der Waals surface area contributed by atoms with Gasteiger partial charge in [0, 0.05) is 29.4 Å². The van der Waals surface area contributed by atoms with Gasteiger partial charge in [-0.2, -0.15) is 0 Å². The quantitative estimate of drug-likeness (QED) is 0.233. The zero-order chi connectivity index (χ0) is 26.2. The molecule has 1 unspecified atom stereocenters.